The Kier molecular flexibility index (Phi) is 5.23. The highest BCUT2D eigenvalue weighted by Crippen LogP contribution is 2.12. The van der Waals surface area contributed by atoms with Crippen LogP contribution < -0.4 is 0 Å². The number of ketones is 1. The van der Waals surface area contributed by atoms with Gasteiger partial charge in [-0.15, -0.1) is 0 Å². The van der Waals surface area contributed by atoms with Crippen molar-refractivity contribution in [1.82, 2.24) is 4.90 Å². The first-order valence-corrected chi connectivity index (χ1v) is 5.81. The van der Waals surface area contributed by atoms with E-state index in [2.05, 4.69) is 0 Å². The van der Waals surface area contributed by atoms with E-state index in [1.165, 1.54) is 30.5 Å². The lowest BCUT2D eigenvalue weighted by Gasteiger charge is -2.10. The number of hydrogen-bond donors (Lipinski definition) is 0. The van der Waals surface area contributed by atoms with Crippen LogP contribution in [0, 0.1) is 5.82 Å². The Morgan fingerprint density at radius 1 is 1.26 bits per heavy atom. The molecule has 0 aliphatic heterocycles. The van der Waals surface area contributed by atoms with E-state index in [1.54, 1.807) is 25.9 Å². The molecule has 0 saturated carbocycles. The fourth-order valence-corrected chi connectivity index (χ4v) is 1.43. The smallest absolute Gasteiger partial charge is 0.343 e. The maximum absolute atomic E-state index is 12.8. The second kappa shape index (κ2) is 6.68. The largest absolute Gasteiger partial charge is 0.462 e. The Hall–Kier alpha value is -2.17. The molecule has 0 bridgehead atoms. The lowest BCUT2D eigenvalue weighted by Crippen LogP contribution is -2.19. The number of hydrogen-bond acceptors (Lipinski definition) is 4. The quantitative estimate of drug-likeness (QED) is 0.269. The van der Waals surface area contributed by atoms with Gasteiger partial charge in [0.2, 0.25) is 5.78 Å². The van der Waals surface area contributed by atoms with Crippen molar-refractivity contribution >= 4 is 11.8 Å². The first-order chi connectivity index (χ1) is 8.95. The van der Waals surface area contributed by atoms with Crippen molar-refractivity contribution in [2.24, 2.45) is 0 Å². The Morgan fingerprint density at radius 3 is 2.32 bits per heavy atom. The van der Waals surface area contributed by atoms with Crippen LogP contribution in [0.5, 0.6) is 0 Å². The van der Waals surface area contributed by atoms with Gasteiger partial charge in [-0.05, 0) is 31.2 Å². The highest BCUT2D eigenvalue weighted by atomic mass is 19.1. The zero-order valence-corrected chi connectivity index (χ0v) is 11.1. The molecule has 0 unspecified atom stereocenters. The molecular formula is C14H16FNO3. The summed E-state index contributed by atoms with van der Waals surface area (Å²) in [5, 5.41) is 0. The second-order valence-electron chi connectivity index (χ2n) is 4.06. The summed E-state index contributed by atoms with van der Waals surface area (Å²) in [6.45, 7) is 1.84. The number of ether oxygens (including phenoxy) is 1. The molecule has 1 aromatic carbocycles. The molecule has 0 aliphatic carbocycles. The van der Waals surface area contributed by atoms with Crippen molar-refractivity contribution in [3.63, 3.8) is 0 Å². The number of Topliss-reactive ketones (excluding diaryl/α,β-unsaturated/α-hetero) is 1. The number of carbonyl (C=O) groups is 2. The SMILES string of the molecule is CCOC(=O)C(=CN(C)C)C(=O)c1ccc(F)cc1. The number of halogens is 1. The molecule has 19 heavy (non-hydrogen) atoms. The molecule has 5 heteroatoms. The van der Waals surface area contributed by atoms with Gasteiger partial charge in [0, 0.05) is 25.9 Å². The van der Waals surface area contributed by atoms with Gasteiger partial charge in [0.15, 0.2) is 0 Å². The van der Waals surface area contributed by atoms with E-state index < -0.39 is 17.6 Å². The van der Waals surface area contributed by atoms with E-state index in [1.807, 2.05) is 0 Å². The third kappa shape index (κ3) is 4.21. The number of esters is 1. The lowest BCUT2D eigenvalue weighted by atomic mass is 10.0. The standard InChI is InChI=1S/C14H16FNO3/c1-4-19-14(18)12(9-16(2)3)13(17)10-5-7-11(15)8-6-10/h5-9H,4H2,1-3H3. The van der Waals surface area contributed by atoms with Crippen molar-refractivity contribution < 1.29 is 18.7 Å². The van der Waals surface area contributed by atoms with Crippen molar-refractivity contribution in [3.8, 4) is 0 Å². The van der Waals surface area contributed by atoms with Crippen molar-refractivity contribution in [3.05, 3.63) is 47.4 Å². The first kappa shape index (κ1) is 14.9. The summed E-state index contributed by atoms with van der Waals surface area (Å²) in [6.07, 6.45) is 1.39. The molecule has 0 radical (unpaired) electrons. The molecule has 0 aromatic heterocycles. The highest BCUT2D eigenvalue weighted by molar-refractivity contribution is 6.24. The summed E-state index contributed by atoms with van der Waals surface area (Å²) in [6, 6.07) is 5.01. The summed E-state index contributed by atoms with van der Waals surface area (Å²) in [7, 11) is 3.38. The third-order valence-corrected chi connectivity index (χ3v) is 2.23. The van der Waals surface area contributed by atoms with Crippen molar-refractivity contribution in [2.75, 3.05) is 20.7 Å². The maximum Gasteiger partial charge on any atom is 0.343 e. The van der Waals surface area contributed by atoms with E-state index >= 15 is 0 Å². The van der Waals surface area contributed by atoms with Gasteiger partial charge in [-0.3, -0.25) is 4.79 Å². The van der Waals surface area contributed by atoms with E-state index in [-0.39, 0.29) is 17.7 Å². The lowest BCUT2D eigenvalue weighted by molar-refractivity contribution is -0.138. The zero-order valence-electron chi connectivity index (χ0n) is 11.1. The van der Waals surface area contributed by atoms with Crippen LogP contribution in [0.2, 0.25) is 0 Å². The highest BCUT2D eigenvalue weighted by Gasteiger charge is 2.21. The Bertz CT molecular complexity index is 492. The second-order valence-corrected chi connectivity index (χ2v) is 4.06. The number of carbonyl (C=O) groups excluding carboxylic acids is 2. The maximum atomic E-state index is 12.8. The summed E-state index contributed by atoms with van der Waals surface area (Å²) < 4.78 is 17.7. The molecule has 0 spiro atoms. The van der Waals surface area contributed by atoms with Gasteiger partial charge in [-0.25, -0.2) is 9.18 Å². The summed E-state index contributed by atoms with van der Waals surface area (Å²) in [5.74, 6) is -1.62. The van der Waals surface area contributed by atoms with Crippen LogP contribution in [0.4, 0.5) is 4.39 Å². The topological polar surface area (TPSA) is 46.6 Å². The minimum Gasteiger partial charge on any atom is -0.462 e. The molecular weight excluding hydrogens is 249 g/mol. The number of benzene rings is 1. The average Bonchev–Trinajstić information content (AvgIpc) is 2.36. The van der Waals surface area contributed by atoms with E-state index in [0.717, 1.165) is 0 Å². The zero-order chi connectivity index (χ0) is 14.4. The number of rotatable bonds is 5. The summed E-state index contributed by atoms with van der Waals surface area (Å²) in [4.78, 5) is 25.5. The number of nitrogens with zero attached hydrogens (tertiary/aromatic N) is 1. The van der Waals surface area contributed by atoms with Crippen LogP contribution in [0.3, 0.4) is 0 Å². The normalized spacial score (nSPS) is 11.1. The fourth-order valence-electron chi connectivity index (χ4n) is 1.43. The van der Waals surface area contributed by atoms with Gasteiger partial charge >= 0.3 is 5.97 Å². The molecule has 0 aliphatic rings. The Morgan fingerprint density at radius 2 is 1.84 bits per heavy atom. The molecule has 0 heterocycles. The van der Waals surface area contributed by atoms with Crippen molar-refractivity contribution in [1.29, 1.82) is 0 Å². The predicted molar refractivity (Wildman–Crippen MR) is 69.1 cm³/mol. The van der Waals surface area contributed by atoms with E-state index in [0.29, 0.717) is 0 Å². The Balaban J connectivity index is 3.08. The average molecular weight is 265 g/mol. The molecule has 0 N–H and O–H groups in total. The summed E-state index contributed by atoms with van der Waals surface area (Å²) >= 11 is 0. The van der Waals surface area contributed by atoms with Crippen LogP contribution in [-0.4, -0.2) is 37.4 Å². The van der Waals surface area contributed by atoms with Crippen LogP contribution >= 0.6 is 0 Å². The van der Waals surface area contributed by atoms with Gasteiger partial charge in [-0.2, -0.15) is 0 Å². The first-order valence-electron chi connectivity index (χ1n) is 5.81. The van der Waals surface area contributed by atoms with Crippen LogP contribution in [0.25, 0.3) is 0 Å². The molecule has 1 aromatic rings. The third-order valence-electron chi connectivity index (χ3n) is 2.23. The molecule has 0 amide bonds. The molecule has 102 valence electrons. The monoisotopic (exact) mass is 265 g/mol. The van der Waals surface area contributed by atoms with Crippen LogP contribution in [0.15, 0.2) is 36.0 Å². The molecule has 1 rings (SSSR count). The molecule has 0 saturated heterocycles. The van der Waals surface area contributed by atoms with Gasteiger partial charge in [0.1, 0.15) is 11.4 Å². The molecule has 0 atom stereocenters. The summed E-state index contributed by atoms with van der Waals surface area (Å²) in [5.41, 5.74) is 0.154. The molecule has 4 nitrogen and oxygen atoms in total. The minimum atomic E-state index is -0.689. The van der Waals surface area contributed by atoms with Gasteiger partial charge in [0.05, 0.1) is 6.61 Å². The minimum absolute atomic E-state index is 0.0848. The predicted octanol–water partition coefficient (Wildman–Crippen LogP) is 2.02. The Labute approximate surface area is 111 Å². The van der Waals surface area contributed by atoms with Gasteiger partial charge in [0.25, 0.3) is 0 Å². The van der Waals surface area contributed by atoms with E-state index in [9.17, 15) is 14.0 Å². The fraction of sp³-hybridized carbons (Fsp3) is 0.286. The van der Waals surface area contributed by atoms with E-state index in [4.69, 9.17) is 4.74 Å². The van der Waals surface area contributed by atoms with Crippen LogP contribution in [-0.2, 0) is 9.53 Å². The van der Waals surface area contributed by atoms with Crippen molar-refractivity contribution in [2.45, 2.75) is 6.92 Å². The molecule has 0 fully saturated rings. The van der Waals surface area contributed by atoms with Gasteiger partial charge < -0.3 is 9.64 Å². The van der Waals surface area contributed by atoms with Crippen LogP contribution in [0.1, 0.15) is 17.3 Å². The van der Waals surface area contributed by atoms with Gasteiger partial charge in [-0.1, -0.05) is 0 Å².